The number of rotatable bonds is 6. The van der Waals surface area contributed by atoms with Gasteiger partial charge in [-0.15, -0.1) is 11.3 Å². The van der Waals surface area contributed by atoms with Gasteiger partial charge in [-0.3, -0.25) is 9.69 Å². The summed E-state index contributed by atoms with van der Waals surface area (Å²) in [5.41, 5.74) is 2.52. The summed E-state index contributed by atoms with van der Waals surface area (Å²) in [6, 6.07) is 2.85. The minimum Gasteiger partial charge on any atom is -0.316 e. The number of nitrogens with one attached hydrogen (secondary N) is 1. The van der Waals surface area contributed by atoms with Gasteiger partial charge in [0.15, 0.2) is 0 Å². The minimum atomic E-state index is -3.68. The molecule has 1 amide bonds. The molecule has 178 valence electrons. The predicted octanol–water partition coefficient (Wildman–Crippen LogP) is 4.17. The van der Waals surface area contributed by atoms with E-state index in [0.29, 0.717) is 29.4 Å². The Morgan fingerprint density at radius 2 is 2.03 bits per heavy atom. The van der Waals surface area contributed by atoms with Crippen LogP contribution in [0.25, 0.3) is 0 Å². The van der Waals surface area contributed by atoms with Gasteiger partial charge < -0.3 is 5.32 Å². The first kappa shape index (κ1) is 24.1. The highest BCUT2D eigenvalue weighted by Gasteiger charge is 2.31. The first-order valence-corrected chi connectivity index (χ1v) is 14.1. The van der Waals surface area contributed by atoms with E-state index >= 15 is 0 Å². The first-order chi connectivity index (χ1) is 15.8. The lowest BCUT2D eigenvalue weighted by Crippen LogP contribution is -2.42. The molecule has 3 N–H and O–H groups in total. The maximum atomic E-state index is 12.7. The molecular weight excluding hydrogens is 456 g/mol. The van der Waals surface area contributed by atoms with E-state index in [9.17, 15) is 18.5 Å². The zero-order chi connectivity index (χ0) is 23.6. The van der Waals surface area contributed by atoms with Crippen LogP contribution in [0.2, 0.25) is 0 Å². The van der Waals surface area contributed by atoms with Crippen LogP contribution in [0.3, 0.4) is 0 Å². The second-order valence-electron chi connectivity index (χ2n) is 9.41. The molecule has 4 rings (SSSR count). The summed E-state index contributed by atoms with van der Waals surface area (Å²) in [7, 11) is -3.68. The molecule has 1 unspecified atom stereocenters. The maximum absolute atomic E-state index is 12.7. The van der Waals surface area contributed by atoms with Crippen LogP contribution in [0.5, 0.6) is 0 Å². The van der Waals surface area contributed by atoms with Gasteiger partial charge in [0.05, 0.1) is 10.5 Å². The van der Waals surface area contributed by atoms with E-state index in [0.717, 1.165) is 36.6 Å². The van der Waals surface area contributed by atoms with Crippen molar-refractivity contribution in [2.75, 3.05) is 11.9 Å². The number of thiophene rings is 1. The number of nitriles is 1. The normalized spacial score (nSPS) is 20.9. The van der Waals surface area contributed by atoms with Crippen molar-refractivity contribution >= 4 is 32.3 Å². The SMILES string of the molecule is CC(C1CCCCC1)N1CCc2sc(NC(=O)CC3=CC=C(S(N)(=O)=O)CC3)c(C#N)c2C1. The summed E-state index contributed by atoms with van der Waals surface area (Å²) in [4.78, 5) is 16.6. The molecule has 0 saturated heterocycles. The Bertz CT molecular complexity index is 1120. The van der Waals surface area contributed by atoms with Crippen molar-refractivity contribution in [3.63, 3.8) is 0 Å². The van der Waals surface area contributed by atoms with Gasteiger partial charge in [0.2, 0.25) is 15.9 Å². The lowest BCUT2D eigenvalue weighted by molar-refractivity contribution is -0.115. The number of primary sulfonamides is 1. The summed E-state index contributed by atoms with van der Waals surface area (Å²) in [6.45, 7) is 4.10. The largest absolute Gasteiger partial charge is 0.316 e. The lowest BCUT2D eigenvalue weighted by Gasteiger charge is -2.38. The van der Waals surface area contributed by atoms with Crippen LogP contribution in [-0.2, 0) is 27.8 Å². The maximum Gasteiger partial charge on any atom is 0.234 e. The summed E-state index contributed by atoms with van der Waals surface area (Å²) < 4.78 is 22.9. The molecule has 0 bridgehead atoms. The number of carbonyl (C=O) groups is 1. The molecule has 2 aliphatic carbocycles. The van der Waals surface area contributed by atoms with Crippen LogP contribution in [0.4, 0.5) is 5.00 Å². The summed E-state index contributed by atoms with van der Waals surface area (Å²) in [5.74, 6) is 0.549. The van der Waals surface area contributed by atoms with Crippen LogP contribution in [-0.4, -0.2) is 31.8 Å². The third kappa shape index (κ3) is 5.57. The number of hydrogen-bond donors (Lipinski definition) is 2. The molecule has 1 aromatic rings. The zero-order valence-corrected chi connectivity index (χ0v) is 20.7. The highest BCUT2D eigenvalue weighted by molar-refractivity contribution is 7.93. The fraction of sp³-hybridized carbons (Fsp3) is 0.583. The number of hydrogen-bond acceptors (Lipinski definition) is 6. The third-order valence-corrected chi connectivity index (χ3v) is 9.58. The van der Waals surface area contributed by atoms with Gasteiger partial charge in [0, 0.05) is 36.0 Å². The molecule has 33 heavy (non-hydrogen) atoms. The molecule has 9 heteroatoms. The third-order valence-electron chi connectivity index (χ3n) is 7.30. The van der Waals surface area contributed by atoms with Crippen molar-refractivity contribution in [1.82, 2.24) is 4.90 Å². The Kier molecular flexibility index (Phi) is 7.39. The summed E-state index contributed by atoms with van der Waals surface area (Å²) >= 11 is 1.52. The van der Waals surface area contributed by atoms with Crippen molar-refractivity contribution < 1.29 is 13.2 Å². The number of sulfonamides is 1. The Morgan fingerprint density at radius 3 is 2.67 bits per heavy atom. The van der Waals surface area contributed by atoms with Crippen molar-refractivity contribution in [3.8, 4) is 6.07 Å². The molecule has 1 fully saturated rings. The van der Waals surface area contributed by atoms with Gasteiger partial charge in [-0.05, 0) is 51.0 Å². The molecule has 1 saturated carbocycles. The standard InChI is InChI=1S/C24H32N4O3S2/c1-16(18-5-3-2-4-6-18)28-12-11-22-21(15-28)20(14-25)24(32-22)27-23(29)13-17-7-9-19(10-8-17)33(26,30)31/h7,9,16,18H,2-6,8,10-13,15H2,1H3,(H,27,29)(H2,26,30,31). The Balaban J connectivity index is 1.43. The smallest absolute Gasteiger partial charge is 0.234 e. The van der Waals surface area contributed by atoms with Gasteiger partial charge >= 0.3 is 0 Å². The molecule has 1 atom stereocenters. The average Bonchev–Trinajstić information content (AvgIpc) is 3.14. The lowest BCUT2D eigenvalue weighted by atomic mass is 9.83. The van der Waals surface area contributed by atoms with E-state index < -0.39 is 10.0 Å². The van der Waals surface area contributed by atoms with Crippen molar-refractivity contribution in [1.29, 1.82) is 5.26 Å². The molecule has 0 aromatic carbocycles. The highest BCUT2D eigenvalue weighted by Crippen LogP contribution is 2.39. The number of amides is 1. The summed E-state index contributed by atoms with van der Waals surface area (Å²) in [5, 5.41) is 18.6. The summed E-state index contributed by atoms with van der Waals surface area (Å²) in [6.07, 6.45) is 11.6. The van der Waals surface area contributed by atoms with Crippen molar-refractivity contribution in [3.05, 3.63) is 38.6 Å². The van der Waals surface area contributed by atoms with E-state index in [1.54, 1.807) is 6.08 Å². The Morgan fingerprint density at radius 1 is 1.27 bits per heavy atom. The fourth-order valence-corrected chi connectivity index (χ4v) is 7.11. The molecule has 2 heterocycles. The van der Waals surface area contributed by atoms with Gasteiger partial charge in [0.1, 0.15) is 11.1 Å². The van der Waals surface area contributed by atoms with E-state index in [1.165, 1.54) is 54.4 Å². The Labute approximate surface area is 200 Å². The van der Waals surface area contributed by atoms with E-state index in [1.807, 2.05) is 0 Å². The number of carbonyl (C=O) groups excluding carboxylic acids is 1. The van der Waals surface area contributed by atoms with Crippen LogP contribution >= 0.6 is 11.3 Å². The highest BCUT2D eigenvalue weighted by atomic mass is 32.2. The van der Waals surface area contributed by atoms with Crippen molar-refractivity contribution in [2.24, 2.45) is 11.1 Å². The number of anilines is 1. The average molecular weight is 489 g/mol. The van der Waals surface area contributed by atoms with Gasteiger partial charge in [-0.2, -0.15) is 5.26 Å². The number of nitrogens with zero attached hydrogens (tertiary/aromatic N) is 2. The van der Waals surface area contributed by atoms with Crippen molar-refractivity contribution in [2.45, 2.75) is 77.3 Å². The van der Waals surface area contributed by atoms with Gasteiger partial charge in [-0.1, -0.05) is 30.9 Å². The van der Waals surface area contributed by atoms with Crippen LogP contribution in [0, 0.1) is 17.2 Å². The molecular formula is C24H32N4O3S2. The fourth-order valence-electron chi connectivity index (χ4n) is 5.30. The zero-order valence-electron chi connectivity index (χ0n) is 19.1. The molecule has 3 aliphatic rings. The van der Waals surface area contributed by atoms with Gasteiger partial charge in [-0.25, -0.2) is 13.6 Å². The van der Waals surface area contributed by atoms with Gasteiger partial charge in [0.25, 0.3) is 0 Å². The predicted molar refractivity (Wildman–Crippen MR) is 131 cm³/mol. The molecule has 7 nitrogen and oxygen atoms in total. The molecule has 0 radical (unpaired) electrons. The van der Waals surface area contributed by atoms with E-state index in [2.05, 4.69) is 23.2 Å². The Hall–Kier alpha value is -1.99. The molecule has 1 aliphatic heterocycles. The quantitative estimate of drug-likeness (QED) is 0.623. The van der Waals surface area contributed by atoms with Crippen LogP contribution in [0.15, 0.2) is 22.6 Å². The number of allylic oxidation sites excluding steroid dienone is 3. The minimum absolute atomic E-state index is 0.173. The van der Waals surface area contributed by atoms with Crippen LogP contribution < -0.4 is 10.5 Å². The number of nitrogens with two attached hydrogens (primary N) is 1. The molecule has 0 spiro atoms. The second kappa shape index (κ2) is 10.1. The molecule has 1 aromatic heterocycles. The van der Waals surface area contributed by atoms with Crippen LogP contribution in [0.1, 0.15) is 74.3 Å². The second-order valence-corrected chi connectivity index (χ2v) is 12.1. The van der Waals surface area contributed by atoms with E-state index in [4.69, 9.17) is 5.14 Å². The topological polar surface area (TPSA) is 116 Å². The monoisotopic (exact) mass is 488 g/mol. The first-order valence-electron chi connectivity index (χ1n) is 11.8. The van der Waals surface area contributed by atoms with E-state index in [-0.39, 0.29) is 17.2 Å². The number of fused-ring (bicyclic) bond motifs is 1.